The maximum atomic E-state index is 5.86. The Morgan fingerprint density at radius 3 is 2.72 bits per heavy atom. The molecule has 96 valence electrons. The van der Waals surface area contributed by atoms with E-state index >= 15 is 0 Å². The van der Waals surface area contributed by atoms with Crippen LogP contribution in [-0.4, -0.2) is 13.1 Å². The number of rotatable bonds is 6. The minimum Gasteiger partial charge on any atom is -0.399 e. The first-order chi connectivity index (χ1) is 8.79. The number of thiophene rings is 1. The Bertz CT molecular complexity index is 465. The minimum absolute atomic E-state index is 0.838. The molecule has 1 aromatic carbocycles. The summed E-state index contributed by atoms with van der Waals surface area (Å²) in [4.78, 5) is 3.86. The standard InChI is InChI=1S/C15H20N2S/c1-2-9-17(10-8-15-7-4-11-18-15)14-6-3-5-13(16)12-14/h3-7,11-12H,2,8-10,16H2,1H3. The lowest BCUT2D eigenvalue weighted by molar-refractivity contribution is 0.760. The van der Waals surface area contributed by atoms with E-state index in [-0.39, 0.29) is 0 Å². The van der Waals surface area contributed by atoms with Crippen LogP contribution in [0.2, 0.25) is 0 Å². The maximum absolute atomic E-state index is 5.86. The molecular formula is C15H20N2S. The van der Waals surface area contributed by atoms with E-state index < -0.39 is 0 Å². The van der Waals surface area contributed by atoms with Crippen molar-refractivity contribution in [1.82, 2.24) is 0 Å². The molecule has 2 aromatic rings. The number of hydrogen-bond acceptors (Lipinski definition) is 3. The first kappa shape index (κ1) is 13.0. The Hall–Kier alpha value is -1.48. The van der Waals surface area contributed by atoms with Crippen LogP contribution in [0.1, 0.15) is 18.2 Å². The second-order valence-electron chi connectivity index (χ2n) is 4.41. The summed E-state index contributed by atoms with van der Waals surface area (Å²) in [6, 6.07) is 12.5. The smallest absolute Gasteiger partial charge is 0.0386 e. The van der Waals surface area contributed by atoms with E-state index in [1.807, 2.05) is 23.5 Å². The van der Waals surface area contributed by atoms with Crippen molar-refractivity contribution >= 4 is 22.7 Å². The van der Waals surface area contributed by atoms with Crippen LogP contribution in [0.25, 0.3) is 0 Å². The molecule has 0 saturated heterocycles. The normalized spacial score (nSPS) is 10.5. The van der Waals surface area contributed by atoms with Gasteiger partial charge < -0.3 is 10.6 Å². The SMILES string of the molecule is CCCN(CCc1cccs1)c1cccc(N)c1. The van der Waals surface area contributed by atoms with Crippen LogP contribution in [-0.2, 0) is 6.42 Å². The number of anilines is 2. The highest BCUT2D eigenvalue weighted by Crippen LogP contribution is 2.19. The van der Waals surface area contributed by atoms with Gasteiger partial charge in [-0.1, -0.05) is 19.1 Å². The zero-order valence-corrected chi connectivity index (χ0v) is 11.6. The molecule has 3 heteroatoms. The van der Waals surface area contributed by atoms with Gasteiger partial charge in [0.1, 0.15) is 0 Å². The summed E-state index contributed by atoms with van der Waals surface area (Å²) >= 11 is 1.83. The van der Waals surface area contributed by atoms with Gasteiger partial charge in [0.15, 0.2) is 0 Å². The fourth-order valence-corrected chi connectivity index (χ4v) is 2.76. The Labute approximate surface area is 113 Å². The molecule has 0 aliphatic rings. The van der Waals surface area contributed by atoms with Crippen molar-refractivity contribution in [3.05, 3.63) is 46.7 Å². The number of nitrogen functional groups attached to an aromatic ring is 1. The Morgan fingerprint density at radius 2 is 2.06 bits per heavy atom. The summed E-state index contributed by atoms with van der Waals surface area (Å²) in [6.07, 6.45) is 2.26. The van der Waals surface area contributed by atoms with Crippen LogP contribution >= 0.6 is 11.3 Å². The lowest BCUT2D eigenvalue weighted by Gasteiger charge is -2.24. The molecule has 2 rings (SSSR count). The molecule has 0 fully saturated rings. The fourth-order valence-electron chi connectivity index (χ4n) is 2.06. The van der Waals surface area contributed by atoms with Crippen LogP contribution in [0.5, 0.6) is 0 Å². The predicted molar refractivity (Wildman–Crippen MR) is 81.4 cm³/mol. The molecule has 18 heavy (non-hydrogen) atoms. The molecule has 0 unspecified atom stereocenters. The summed E-state index contributed by atoms with van der Waals surface area (Å²) in [5.74, 6) is 0. The average Bonchev–Trinajstić information content (AvgIpc) is 2.87. The van der Waals surface area contributed by atoms with E-state index in [2.05, 4.69) is 41.5 Å². The zero-order valence-electron chi connectivity index (χ0n) is 10.8. The molecule has 0 radical (unpaired) electrons. The number of benzene rings is 1. The van der Waals surface area contributed by atoms with Crippen molar-refractivity contribution in [1.29, 1.82) is 0 Å². The molecule has 2 nitrogen and oxygen atoms in total. The topological polar surface area (TPSA) is 29.3 Å². The molecule has 0 atom stereocenters. The van der Waals surface area contributed by atoms with Crippen LogP contribution in [0, 0.1) is 0 Å². The number of hydrogen-bond donors (Lipinski definition) is 1. The quantitative estimate of drug-likeness (QED) is 0.801. The van der Waals surface area contributed by atoms with Crippen molar-refractivity contribution in [2.24, 2.45) is 0 Å². The summed E-state index contributed by atoms with van der Waals surface area (Å²) in [6.45, 7) is 4.34. The summed E-state index contributed by atoms with van der Waals surface area (Å²) in [5.41, 5.74) is 7.93. The first-order valence-corrected chi connectivity index (χ1v) is 7.30. The van der Waals surface area contributed by atoms with Crippen LogP contribution in [0.4, 0.5) is 11.4 Å². The van der Waals surface area contributed by atoms with E-state index in [0.717, 1.165) is 31.6 Å². The predicted octanol–water partition coefficient (Wildman–Crippen LogP) is 3.79. The molecule has 0 aliphatic carbocycles. The summed E-state index contributed by atoms with van der Waals surface area (Å²) < 4.78 is 0. The largest absolute Gasteiger partial charge is 0.399 e. The molecule has 1 aromatic heterocycles. The molecule has 0 bridgehead atoms. The number of nitrogens with two attached hydrogens (primary N) is 1. The van der Waals surface area contributed by atoms with Gasteiger partial charge >= 0.3 is 0 Å². The number of nitrogens with zero attached hydrogens (tertiary/aromatic N) is 1. The fraction of sp³-hybridized carbons (Fsp3) is 0.333. The van der Waals surface area contributed by atoms with E-state index in [1.165, 1.54) is 10.6 Å². The Morgan fingerprint density at radius 1 is 1.17 bits per heavy atom. The Balaban J connectivity index is 2.03. The third-order valence-corrected chi connectivity index (χ3v) is 3.87. The molecular weight excluding hydrogens is 240 g/mol. The van der Waals surface area contributed by atoms with E-state index in [1.54, 1.807) is 0 Å². The second-order valence-corrected chi connectivity index (χ2v) is 5.44. The van der Waals surface area contributed by atoms with Gasteiger partial charge in [0.05, 0.1) is 0 Å². The van der Waals surface area contributed by atoms with Crippen molar-refractivity contribution in [3.8, 4) is 0 Å². The highest BCUT2D eigenvalue weighted by Gasteiger charge is 2.06. The highest BCUT2D eigenvalue weighted by molar-refractivity contribution is 7.09. The van der Waals surface area contributed by atoms with Crippen LogP contribution in [0.15, 0.2) is 41.8 Å². The molecule has 0 spiro atoms. The van der Waals surface area contributed by atoms with Crippen molar-refractivity contribution in [2.75, 3.05) is 23.7 Å². The lowest BCUT2D eigenvalue weighted by Crippen LogP contribution is -2.26. The van der Waals surface area contributed by atoms with Crippen molar-refractivity contribution in [2.45, 2.75) is 19.8 Å². The first-order valence-electron chi connectivity index (χ1n) is 6.42. The van der Waals surface area contributed by atoms with E-state index in [0.29, 0.717) is 0 Å². The second kappa shape index (κ2) is 6.45. The third-order valence-electron chi connectivity index (χ3n) is 2.94. The van der Waals surface area contributed by atoms with Gasteiger partial charge in [0.25, 0.3) is 0 Å². The minimum atomic E-state index is 0.838. The van der Waals surface area contributed by atoms with Crippen LogP contribution in [0.3, 0.4) is 0 Å². The summed E-state index contributed by atoms with van der Waals surface area (Å²) in [5, 5.41) is 2.14. The van der Waals surface area contributed by atoms with Gasteiger partial charge in [0.2, 0.25) is 0 Å². The lowest BCUT2D eigenvalue weighted by atomic mass is 10.2. The van der Waals surface area contributed by atoms with Gasteiger partial charge in [-0.05, 0) is 42.5 Å². The van der Waals surface area contributed by atoms with Gasteiger partial charge in [-0.3, -0.25) is 0 Å². The Kier molecular flexibility index (Phi) is 4.65. The monoisotopic (exact) mass is 260 g/mol. The van der Waals surface area contributed by atoms with Gasteiger partial charge in [-0.15, -0.1) is 11.3 Å². The molecule has 2 N–H and O–H groups in total. The molecule has 0 saturated carbocycles. The van der Waals surface area contributed by atoms with Gasteiger partial charge in [-0.2, -0.15) is 0 Å². The third kappa shape index (κ3) is 3.50. The summed E-state index contributed by atoms with van der Waals surface area (Å²) in [7, 11) is 0. The van der Waals surface area contributed by atoms with Gasteiger partial charge in [0, 0.05) is 29.3 Å². The van der Waals surface area contributed by atoms with Crippen molar-refractivity contribution in [3.63, 3.8) is 0 Å². The zero-order chi connectivity index (χ0) is 12.8. The molecule has 1 heterocycles. The molecule has 0 aliphatic heterocycles. The van der Waals surface area contributed by atoms with E-state index in [9.17, 15) is 0 Å². The van der Waals surface area contributed by atoms with E-state index in [4.69, 9.17) is 5.73 Å². The highest BCUT2D eigenvalue weighted by atomic mass is 32.1. The van der Waals surface area contributed by atoms with Gasteiger partial charge in [-0.25, -0.2) is 0 Å². The van der Waals surface area contributed by atoms with Crippen molar-refractivity contribution < 1.29 is 0 Å². The average molecular weight is 260 g/mol. The molecule has 0 amide bonds. The van der Waals surface area contributed by atoms with Crippen LogP contribution < -0.4 is 10.6 Å². The maximum Gasteiger partial charge on any atom is 0.0386 e.